The minimum atomic E-state index is -0.239. The minimum Gasteiger partial charge on any atom is -0.467 e. The van der Waals surface area contributed by atoms with E-state index in [0.29, 0.717) is 17.8 Å². The van der Waals surface area contributed by atoms with Crippen LogP contribution in [0.3, 0.4) is 0 Å². The van der Waals surface area contributed by atoms with E-state index in [1.54, 1.807) is 24.5 Å². The number of furan rings is 1. The van der Waals surface area contributed by atoms with Crippen LogP contribution in [-0.2, 0) is 17.9 Å². The number of aromatic nitrogens is 2. The van der Waals surface area contributed by atoms with E-state index in [4.69, 9.17) is 4.42 Å². The standard InChI is InChI=1S/C19H17N3O3/c1-13-6-7-15-17(10-13)22(19(24)16-5-2-8-21(15)16)12-18(23)20-11-14-4-3-9-25-14/h2-10H,11-12H2,1H3,(H,20,23). The lowest BCUT2D eigenvalue weighted by Gasteiger charge is -2.13. The van der Waals surface area contributed by atoms with Gasteiger partial charge in [-0.2, -0.15) is 0 Å². The first kappa shape index (κ1) is 15.3. The molecule has 1 amide bonds. The molecule has 4 rings (SSSR count). The summed E-state index contributed by atoms with van der Waals surface area (Å²) in [5.74, 6) is 0.431. The summed E-state index contributed by atoms with van der Waals surface area (Å²) in [5, 5.41) is 2.78. The van der Waals surface area contributed by atoms with Crippen LogP contribution in [-0.4, -0.2) is 14.9 Å². The predicted octanol–water partition coefficient (Wildman–Crippen LogP) is 2.47. The molecule has 0 aliphatic carbocycles. The number of carbonyl (C=O) groups is 1. The molecule has 1 aromatic carbocycles. The molecule has 0 unspecified atom stereocenters. The maximum atomic E-state index is 12.8. The first-order chi connectivity index (χ1) is 12.1. The van der Waals surface area contributed by atoms with Gasteiger partial charge in [-0.25, -0.2) is 0 Å². The van der Waals surface area contributed by atoms with Crippen LogP contribution in [0, 0.1) is 6.92 Å². The highest BCUT2D eigenvalue weighted by atomic mass is 16.3. The number of fused-ring (bicyclic) bond motifs is 3. The van der Waals surface area contributed by atoms with E-state index < -0.39 is 0 Å². The SMILES string of the molecule is Cc1ccc2c(c1)n(CC(=O)NCc1ccco1)c(=O)c1cccn12. The Labute approximate surface area is 143 Å². The second-order valence-corrected chi connectivity index (χ2v) is 6.00. The summed E-state index contributed by atoms with van der Waals surface area (Å²) in [6.07, 6.45) is 3.42. The molecule has 0 atom stereocenters. The van der Waals surface area contributed by atoms with Crippen molar-refractivity contribution in [3.63, 3.8) is 0 Å². The lowest BCUT2D eigenvalue weighted by molar-refractivity contribution is -0.121. The van der Waals surface area contributed by atoms with Crippen LogP contribution in [0.4, 0.5) is 0 Å². The topological polar surface area (TPSA) is 68.7 Å². The molecule has 25 heavy (non-hydrogen) atoms. The molecule has 0 aliphatic rings. The third-order valence-electron chi connectivity index (χ3n) is 4.24. The maximum Gasteiger partial charge on any atom is 0.275 e. The van der Waals surface area contributed by atoms with Crippen LogP contribution in [0.5, 0.6) is 0 Å². The highest BCUT2D eigenvalue weighted by Crippen LogP contribution is 2.17. The Morgan fingerprint density at radius 2 is 2.00 bits per heavy atom. The number of hydrogen-bond acceptors (Lipinski definition) is 3. The fraction of sp³-hybridized carbons (Fsp3) is 0.158. The monoisotopic (exact) mass is 335 g/mol. The lowest BCUT2D eigenvalue weighted by atomic mass is 10.2. The van der Waals surface area contributed by atoms with Gasteiger partial charge in [0, 0.05) is 6.20 Å². The molecule has 0 fully saturated rings. The van der Waals surface area contributed by atoms with Gasteiger partial charge in [-0.15, -0.1) is 0 Å². The van der Waals surface area contributed by atoms with Gasteiger partial charge < -0.3 is 14.1 Å². The van der Waals surface area contributed by atoms with Crippen molar-refractivity contribution in [2.24, 2.45) is 0 Å². The van der Waals surface area contributed by atoms with Crippen LogP contribution < -0.4 is 10.9 Å². The van der Waals surface area contributed by atoms with Gasteiger partial charge in [0.1, 0.15) is 17.8 Å². The Bertz CT molecular complexity index is 1120. The van der Waals surface area contributed by atoms with Crippen LogP contribution in [0.2, 0.25) is 0 Å². The van der Waals surface area contributed by atoms with Crippen molar-refractivity contribution in [2.45, 2.75) is 20.0 Å². The Kier molecular flexibility index (Phi) is 3.65. The Hall–Kier alpha value is -3.28. The molecule has 6 nitrogen and oxygen atoms in total. The van der Waals surface area contributed by atoms with Crippen LogP contribution in [0.25, 0.3) is 16.6 Å². The fourth-order valence-electron chi connectivity index (χ4n) is 3.02. The minimum absolute atomic E-state index is 0.0405. The van der Waals surface area contributed by atoms with Crippen molar-refractivity contribution in [2.75, 3.05) is 0 Å². The second-order valence-electron chi connectivity index (χ2n) is 6.00. The molecule has 0 radical (unpaired) electrons. The van der Waals surface area contributed by atoms with E-state index in [1.165, 1.54) is 4.57 Å². The molecule has 6 heteroatoms. The number of aryl methyl sites for hydroxylation is 1. The van der Waals surface area contributed by atoms with Crippen LogP contribution >= 0.6 is 0 Å². The summed E-state index contributed by atoms with van der Waals surface area (Å²) in [6.45, 7) is 2.22. The molecule has 4 aromatic rings. The molecule has 0 spiro atoms. The van der Waals surface area contributed by atoms with Gasteiger partial charge in [-0.05, 0) is 48.9 Å². The average Bonchev–Trinajstić information content (AvgIpc) is 3.28. The van der Waals surface area contributed by atoms with E-state index in [0.717, 1.165) is 16.6 Å². The quantitative estimate of drug-likeness (QED) is 0.623. The molecule has 0 aliphatic heterocycles. The van der Waals surface area contributed by atoms with Crippen LogP contribution in [0.1, 0.15) is 11.3 Å². The zero-order valence-electron chi connectivity index (χ0n) is 13.7. The molecular weight excluding hydrogens is 318 g/mol. The number of hydrogen-bond donors (Lipinski definition) is 1. The van der Waals surface area contributed by atoms with Crippen molar-refractivity contribution in [1.29, 1.82) is 0 Å². The van der Waals surface area contributed by atoms with E-state index in [2.05, 4.69) is 5.32 Å². The number of nitrogens with one attached hydrogen (secondary N) is 1. The summed E-state index contributed by atoms with van der Waals surface area (Å²) in [6, 6.07) is 13.0. The van der Waals surface area contributed by atoms with Crippen molar-refractivity contribution in [3.8, 4) is 0 Å². The van der Waals surface area contributed by atoms with Gasteiger partial charge in [-0.1, -0.05) is 6.07 Å². The fourth-order valence-corrected chi connectivity index (χ4v) is 3.02. The zero-order valence-corrected chi connectivity index (χ0v) is 13.7. The van der Waals surface area contributed by atoms with Gasteiger partial charge in [0.05, 0.1) is 23.8 Å². The van der Waals surface area contributed by atoms with Crippen molar-refractivity contribution in [3.05, 3.63) is 76.6 Å². The maximum absolute atomic E-state index is 12.8. The summed E-state index contributed by atoms with van der Waals surface area (Å²) < 4.78 is 8.58. The zero-order chi connectivity index (χ0) is 17.4. The average molecular weight is 335 g/mol. The molecule has 1 N–H and O–H groups in total. The molecule has 3 aromatic heterocycles. The van der Waals surface area contributed by atoms with E-state index >= 15 is 0 Å². The highest BCUT2D eigenvalue weighted by molar-refractivity contribution is 5.83. The number of carbonyl (C=O) groups excluding carboxylic acids is 1. The third-order valence-corrected chi connectivity index (χ3v) is 4.24. The number of amides is 1. The Morgan fingerprint density at radius 3 is 2.80 bits per heavy atom. The molecular formula is C19H17N3O3. The lowest BCUT2D eigenvalue weighted by Crippen LogP contribution is -2.32. The molecule has 3 heterocycles. The number of rotatable bonds is 4. The van der Waals surface area contributed by atoms with Crippen LogP contribution in [0.15, 0.2) is 64.1 Å². The van der Waals surface area contributed by atoms with E-state index in [-0.39, 0.29) is 18.0 Å². The van der Waals surface area contributed by atoms with Gasteiger partial charge in [0.2, 0.25) is 5.91 Å². The Morgan fingerprint density at radius 1 is 1.12 bits per heavy atom. The van der Waals surface area contributed by atoms with Gasteiger partial charge >= 0.3 is 0 Å². The predicted molar refractivity (Wildman–Crippen MR) is 94.5 cm³/mol. The van der Waals surface area contributed by atoms with E-state index in [9.17, 15) is 9.59 Å². The van der Waals surface area contributed by atoms with Gasteiger partial charge in [-0.3, -0.25) is 14.2 Å². The molecule has 0 bridgehead atoms. The summed E-state index contributed by atoms with van der Waals surface area (Å²) in [5.41, 5.74) is 3.03. The Balaban J connectivity index is 1.74. The van der Waals surface area contributed by atoms with E-state index in [1.807, 2.05) is 41.8 Å². The normalized spacial score (nSPS) is 11.2. The van der Waals surface area contributed by atoms with Crippen molar-refractivity contribution in [1.82, 2.24) is 14.3 Å². The molecule has 126 valence electrons. The van der Waals surface area contributed by atoms with Gasteiger partial charge in [0.25, 0.3) is 5.56 Å². The second kappa shape index (κ2) is 5.98. The summed E-state index contributed by atoms with van der Waals surface area (Å²) >= 11 is 0. The highest BCUT2D eigenvalue weighted by Gasteiger charge is 2.13. The van der Waals surface area contributed by atoms with Crippen molar-refractivity contribution < 1.29 is 9.21 Å². The molecule has 0 saturated heterocycles. The van der Waals surface area contributed by atoms with Gasteiger partial charge in [0.15, 0.2) is 0 Å². The summed E-state index contributed by atoms with van der Waals surface area (Å²) in [7, 11) is 0. The first-order valence-electron chi connectivity index (χ1n) is 8.03. The largest absolute Gasteiger partial charge is 0.467 e. The number of benzene rings is 1. The third kappa shape index (κ3) is 2.71. The number of nitrogens with zero attached hydrogens (tertiary/aromatic N) is 2. The smallest absolute Gasteiger partial charge is 0.275 e. The van der Waals surface area contributed by atoms with Crippen molar-refractivity contribution >= 4 is 22.5 Å². The first-order valence-corrected chi connectivity index (χ1v) is 8.03. The molecule has 0 saturated carbocycles. The summed E-state index contributed by atoms with van der Waals surface area (Å²) in [4.78, 5) is 25.2.